The van der Waals surface area contributed by atoms with E-state index in [0.717, 1.165) is 49.6 Å². The molecule has 0 spiro atoms. The van der Waals surface area contributed by atoms with Crippen molar-refractivity contribution in [2.75, 3.05) is 37.7 Å². The van der Waals surface area contributed by atoms with Gasteiger partial charge < -0.3 is 14.5 Å². The van der Waals surface area contributed by atoms with E-state index in [2.05, 4.69) is 17.9 Å². The van der Waals surface area contributed by atoms with Crippen molar-refractivity contribution in [2.45, 2.75) is 20.3 Å². The first kappa shape index (κ1) is 17.3. The molecule has 1 heterocycles. The summed E-state index contributed by atoms with van der Waals surface area (Å²) >= 11 is 0. The SMILES string of the molecule is CCOc1ccccc1N1CCN(C(=O)c2ccc(CC)cc2)CC1. The highest BCUT2D eigenvalue weighted by molar-refractivity contribution is 5.94. The molecule has 0 saturated carbocycles. The molecule has 2 aromatic rings. The lowest BCUT2D eigenvalue weighted by Crippen LogP contribution is -2.48. The molecule has 25 heavy (non-hydrogen) atoms. The smallest absolute Gasteiger partial charge is 0.253 e. The van der Waals surface area contributed by atoms with Gasteiger partial charge in [0.05, 0.1) is 12.3 Å². The number of carbonyl (C=O) groups is 1. The van der Waals surface area contributed by atoms with Gasteiger partial charge in [-0.15, -0.1) is 0 Å². The molecule has 0 aromatic heterocycles. The maximum atomic E-state index is 12.7. The molecule has 4 nitrogen and oxygen atoms in total. The number of benzene rings is 2. The predicted molar refractivity (Wildman–Crippen MR) is 102 cm³/mol. The first-order valence-electron chi connectivity index (χ1n) is 9.08. The third-order valence-corrected chi connectivity index (χ3v) is 4.68. The first-order valence-corrected chi connectivity index (χ1v) is 9.08. The second-order valence-electron chi connectivity index (χ2n) is 6.23. The van der Waals surface area contributed by atoms with Crippen LogP contribution in [0.25, 0.3) is 0 Å². The zero-order valence-corrected chi connectivity index (χ0v) is 15.1. The minimum absolute atomic E-state index is 0.125. The van der Waals surface area contributed by atoms with Crippen LogP contribution < -0.4 is 9.64 Å². The van der Waals surface area contributed by atoms with Gasteiger partial charge in [-0.05, 0) is 43.2 Å². The van der Waals surface area contributed by atoms with Crippen LogP contribution in [0.15, 0.2) is 48.5 Å². The highest BCUT2D eigenvalue weighted by Gasteiger charge is 2.23. The number of hydrogen-bond acceptors (Lipinski definition) is 3. The number of nitrogens with zero attached hydrogens (tertiary/aromatic N) is 2. The van der Waals surface area contributed by atoms with E-state index in [1.165, 1.54) is 5.56 Å². The number of rotatable bonds is 5. The Morgan fingerprint density at radius 1 is 0.960 bits per heavy atom. The Morgan fingerprint density at radius 2 is 1.64 bits per heavy atom. The van der Waals surface area contributed by atoms with Gasteiger partial charge in [-0.3, -0.25) is 4.79 Å². The minimum Gasteiger partial charge on any atom is -0.492 e. The Kier molecular flexibility index (Phi) is 5.59. The number of amides is 1. The molecule has 0 radical (unpaired) electrons. The van der Waals surface area contributed by atoms with Gasteiger partial charge in [0.1, 0.15) is 5.75 Å². The quantitative estimate of drug-likeness (QED) is 0.835. The molecule has 2 aromatic carbocycles. The van der Waals surface area contributed by atoms with E-state index in [4.69, 9.17) is 4.74 Å². The van der Waals surface area contributed by atoms with Gasteiger partial charge in [-0.1, -0.05) is 31.2 Å². The van der Waals surface area contributed by atoms with E-state index in [-0.39, 0.29) is 5.91 Å². The summed E-state index contributed by atoms with van der Waals surface area (Å²) in [5.74, 6) is 1.04. The zero-order valence-electron chi connectivity index (χ0n) is 15.1. The third-order valence-electron chi connectivity index (χ3n) is 4.68. The molecule has 0 atom stereocenters. The van der Waals surface area contributed by atoms with Gasteiger partial charge >= 0.3 is 0 Å². The summed E-state index contributed by atoms with van der Waals surface area (Å²) < 4.78 is 5.73. The van der Waals surface area contributed by atoms with Crippen LogP contribution in [0.1, 0.15) is 29.8 Å². The normalized spacial score (nSPS) is 14.5. The topological polar surface area (TPSA) is 32.8 Å². The van der Waals surface area contributed by atoms with E-state index in [0.29, 0.717) is 6.61 Å². The molecule has 0 unspecified atom stereocenters. The minimum atomic E-state index is 0.125. The summed E-state index contributed by atoms with van der Waals surface area (Å²) in [5.41, 5.74) is 3.15. The molecule has 1 saturated heterocycles. The number of hydrogen-bond donors (Lipinski definition) is 0. The van der Waals surface area contributed by atoms with Crippen LogP contribution in [0, 0.1) is 0 Å². The zero-order chi connectivity index (χ0) is 17.6. The lowest BCUT2D eigenvalue weighted by molar-refractivity contribution is 0.0746. The Morgan fingerprint density at radius 3 is 2.28 bits per heavy atom. The molecular weight excluding hydrogens is 312 g/mol. The van der Waals surface area contributed by atoms with E-state index < -0.39 is 0 Å². The van der Waals surface area contributed by atoms with Crippen LogP contribution in [0.2, 0.25) is 0 Å². The van der Waals surface area contributed by atoms with E-state index in [1.54, 1.807) is 0 Å². The van der Waals surface area contributed by atoms with Crippen molar-refractivity contribution in [1.29, 1.82) is 0 Å². The Balaban J connectivity index is 1.64. The predicted octanol–water partition coefficient (Wildman–Crippen LogP) is 3.61. The van der Waals surface area contributed by atoms with Crippen molar-refractivity contribution in [1.82, 2.24) is 4.90 Å². The standard InChI is InChI=1S/C21H26N2O2/c1-3-17-9-11-18(12-10-17)21(24)23-15-13-22(14-16-23)19-7-5-6-8-20(19)25-4-2/h5-12H,3-4,13-16H2,1-2H3. The van der Waals surface area contributed by atoms with Crippen molar-refractivity contribution >= 4 is 11.6 Å². The lowest BCUT2D eigenvalue weighted by atomic mass is 10.1. The fraction of sp³-hybridized carbons (Fsp3) is 0.381. The third kappa shape index (κ3) is 3.95. The summed E-state index contributed by atoms with van der Waals surface area (Å²) in [6, 6.07) is 16.1. The van der Waals surface area contributed by atoms with Crippen molar-refractivity contribution in [3.8, 4) is 5.75 Å². The fourth-order valence-electron chi connectivity index (χ4n) is 3.21. The number of carbonyl (C=O) groups excluding carboxylic acids is 1. The molecule has 132 valence electrons. The number of anilines is 1. The van der Waals surface area contributed by atoms with E-state index in [9.17, 15) is 4.79 Å². The Labute approximate surface area is 150 Å². The van der Waals surface area contributed by atoms with E-state index >= 15 is 0 Å². The molecule has 0 bridgehead atoms. The monoisotopic (exact) mass is 338 g/mol. The molecule has 1 aliphatic rings. The fourth-order valence-corrected chi connectivity index (χ4v) is 3.21. The maximum absolute atomic E-state index is 12.7. The highest BCUT2D eigenvalue weighted by Crippen LogP contribution is 2.29. The van der Waals surface area contributed by atoms with Gasteiger partial charge in [-0.2, -0.15) is 0 Å². The molecule has 4 heteroatoms. The maximum Gasteiger partial charge on any atom is 0.253 e. The van der Waals surface area contributed by atoms with Crippen LogP contribution in [0.5, 0.6) is 5.75 Å². The number of ether oxygens (including phenoxy) is 1. The average Bonchev–Trinajstić information content (AvgIpc) is 2.68. The molecule has 1 amide bonds. The van der Waals surface area contributed by atoms with Gasteiger partial charge in [0.25, 0.3) is 5.91 Å². The summed E-state index contributed by atoms with van der Waals surface area (Å²) in [5, 5.41) is 0. The molecule has 0 aliphatic carbocycles. The van der Waals surface area contributed by atoms with Crippen molar-refractivity contribution in [3.63, 3.8) is 0 Å². The Hall–Kier alpha value is -2.49. The van der Waals surface area contributed by atoms with Crippen molar-refractivity contribution < 1.29 is 9.53 Å². The van der Waals surface area contributed by atoms with Crippen LogP contribution in [0.4, 0.5) is 5.69 Å². The highest BCUT2D eigenvalue weighted by atomic mass is 16.5. The summed E-state index contributed by atoms with van der Waals surface area (Å²) in [7, 11) is 0. The molecular formula is C21H26N2O2. The largest absolute Gasteiger partial charge is 0.492 e. The van der Waals surface area contributed by atoms with Gasteiger partial charge in [0.2, 0.25) is 0 Å². The molecule has 1 fully saturated rings. The summed E-state index contributed by atoms with van der Waals surface area (Å²) in [6.07, 6.45) is 0.992. The first-order chi connectivity index (χ1) is 12.2. The number of piperazine rings is 1. The second kappa shape index (κ2) is 8.06. The summed E-state index contributed by atoms with van der Waals surface area (Å²) in [6.45, 7) is 7.88. The van der Waals surface area contributed by atoms with E-state index in [1.807, 2.05) is 54.3 Å². The van der Waals surface area contributed by atoms with Crippen LogP contribution in [-0.4, -0.2) is 43.6 Å². The van der Waals surface area contributed by atoms with Gasteiger partial charge in [0, 0.05) is 31.7 Å². The van der Waals surface area contributed by atoms with Crippen molar-refractivity contribution in [2.24, 2.45) is 0 Å². The lowest BCUT2D eigenvalue weighted by Gasteiger charge is -2.36. The van der Waals surface area contributed by atoms with Crippen LogP contribution in [-0.2, 0) is 6.42 Å². The van der Waals surface area contributed by atoms with Gasteiger partial charge in [0.15, 0.2) is 0 Å². The number of aryl methyl sites for hydroxylation is 1. The Bertz CT molecular complexity index is 704. The molecule has 3 rings (SSSR count). The average molecular weight is 338 g/mol. The van der Waals surface area contributed by atoms with Crippen LogP contribution >= 0.6 is 0 Å². The molecule has 0 N–H and O–H groups in total. The van der Waals surface area contributed by atoms with Gasteiger partial charge in [-0.25, -0.2) is 0 Å². The summed E-state index contributed by atoms with van der Waals surface area (Å²) in [4.78, 5) is 16.9. The molecule has 1 aliphatic heterocycles. The van der Waals surface area contributed by atoms with Crippen molar-refractivity contribution in [3.05, 3.63) is 59.7 Å². The number of para-hydroxylation sites is 2. The second-order valence-corrected chi connectivity index (χ2v) is 6.23. The van der Waals surface area contributed by atoms with Crippen LogP contribution in [0.3, 0.4) is 0 Å².